The predicted octanol–water partition coefficient (Wildman–Crippen LogP) is 2.49. The summed E-state index contributed by atoms with van der Waals surface area (Å²) in [4.78, 5) is 23.1. The van der Waals surface area contributed by atoms with Crippen molar-refractivity contribution in [2.45, 2.75) is 26.8 Å². The number of pyridine rings is 1. The van der Waals surface area contributed by atoms with Gasteiger partial charge in [0.2, 0.25) is 5.82 Å². The van der Waals surface area contributed by atoms with Gasteiger partial charge in [0.05, 0.1) is 23.8 Å². The molecule has 0 aromatic carbocycles. The van der Waals surface area contributed by atoms with E-state index in [0.717, 1.165) is 12.1 Å². The molecule has 2 heterocycles. The Labute approximate surface area is 127 Å². The molecule has 0 unspecified atom stereocenters. The van der Waals surface area contributed by atoms with Gasteiger partial charge in [-0.3, -0.25) is 15.1 Å². The van der Waals surface area contributed by atoms with Gasteiger partial charge in [-0.25, -0.2) is 4.98 Å². The molecule has 0 aliphatic heterocycles. The summed E-state index contributed by atoms with van der Waals surface area (Å²) in [6.45, 7) is 4.26. The van der Waals surface area contributed by atoms with E-state index in [4.69, 9.17) is 4.74 Å². The highest BCUT2D eigenvalue weighted by molar-refractivity contribution is 5.61. The van der Waals surface area contributed by atoms with E-state index in [0.29, 0.717) is 19.0 Å². The number of nitro groups is 1. The Bertz CT molecular complexity index is 648. The highest BCUT2D eigenvalue weighted by atomic mass is 16.6. The van der Waals surface area contributed by atoms with Gasteiger partial charge >= 0.3 is 5.69 Å². The molecule has 0 aliphatic rings. The summed E-state index contributed by atoms with van der Waals surface area (Å²) in [6.07, 6.45) is 2.39. The van der Waals surface area contributed by atoms with Crippen molar-refractivity contribution in [3.8, 4) is 5.88 Å². The maximum absolute atomic E-state index is 11.3. The van der Waals surface area contributed by atoms with Gasteiger partial charge in [0, 0.05) is 6.20 Å². The number of ether oxygens (including phenoxy) is 1. The highest BCUT2D eigenvalue weighted by Gasteiger charge is 2.25. The first-order valence-electron chi connectivity index (χ1n) is 6.91. The summed E-state index contributed by atoms with van der Waals surface area (Å²) in [7, 11) is 0. The lowest BCUT2D eigenvalue weighted by Crippen LogP contribution is -2.10. The van der Waals surface area contributed by atoms with Crippen LogP contribution in [-0.4, -0.2) is 26.5 Å². The van der Waals surface area contributed by atoms with E-state index in [1.807, 2.05) is 19.1 Å². The second kappa shape index (κ2) is 7.30. The van der Waals surface area contributed by atoms with Crippen molar-refractivity contribution in [3.05, 3.63) is 46.0 Å². The molecule has 116 valence electrons. The Balaban J connectivity index is 2.28. The monoisotopic (exact) mass is 303 g/mol. The third-order valence-corrected chi connectivity index (χ3v) is 2.75. The molecule has 2 rings (SSSR count). The van der Waals surface area contributed by atoms with Crippen molar-refractivity contribution < 1.29 is 9.66 Å². The van der Waals surface area contributed by atoms with Crippen LogP contribution in [0.2, 0.25) is 0 Å². The zero-order valence-corrected chi connectivity index (χ0v) is 12.4. The predicted molar refractivity (Wildman–Crippen MR) is 80.8 cm³/mol. The molecule has 0 atom stereocenters. The normalized spacial score (nSPS) is 10.3. The summed E-state index contributed by atoms with van der Waals surface area (Å²) in [6, 6.07) is 5.47. The van der Waals surface area contributed by atoms with Crippen LogP contribution in [0.4, 0.5) is 11.5 Å². The number of rotatable bonds is 7. The lowest BCUT2D eigenvalue weighted by atomic mass is 10.3. The second-order valence-electron chi connectivity index (χ2n) is 4.55. The summed E-state index contributed by atoms with van der Waals surface area (Å²) >= 11 is 0. The summed E-state index contributed by atoms with van der Waals surface area (Å²) in [5, 5.41) is 14.3. The Kier molecular flexibility index (Phi) is 5.18. The number of aromatic nitrogens is 3. The van der Waals surface area contributed by atoms with Gasteiger partial charge in [-0.15, -0.1) is 0 Å². The van der Waals surface area contributed by atoms with E-state index in [2.05, 4.69) is 20.3 Å². The minimum atomic E-state index is -0.537. The molecule has 0 bridgehead atoms. The van der Waals surface area contributed by atoms with Gasteiger partial charge in [-0.1, -0.05) is 13.0 Å². The summed E-state index contributed by atoms with van der Waals surface area (Å²) in [5.41, 5.74) is 0.499. The third-order valence-electron chi connectivity index (χ3n) is 2.75. The van der Waals surface area contributed by atoms with Crippen LogP contribution in [0, 0.1) is 17.0 Å². The van der Waals surface area contributed by atoms with E-state index in [1.165, 1.54) is 0 Å². The van der Waals surface area contributed by atoms with Gasteiger partial charge in [-0.05, 0) is 25.5 Å². The molecule has 0 fully saturated rings. The first kappa shape index (κ1) is 15.6. The average Bonchev–Trinajstić information content (AvgIpc) is 2.51. The molecule has 0 radical (unpaired) electrons. The minimum Gasteiger partial charge on any atom is -0.473 e. The molecular formula is C14H17N5O3. The SMILES string of the molecule is CCCOc1nc(C)nc(NCc2ccccn2)c1[N+](=O)[O-]. The number of hydrogen-bond donors (Lipinski definition) is 1. The molecule has 0 saturated heterocycles. The highest BCUT2D eigenvalue weighted by Crippen LogP contribution is 2.32. The topological polar surface area (TPSA) is 103 Å². The zero-order valence-electron chi connectivity index (χ0n) is 12.4. The van der Waals surface area contributed by atoms with Gasteiger partial charge in [-0.2, -0.15) is 4.98 Å². The van der Waals surface area contributed by atoms with Crippen molar-refractivity contribution in [2.75, 3.05) is 11.9 Å². The second-order valence-corrected chi connectivity index (χ2v) is 4.55. The fourth-order valence-corrected chi connectivity index (χ4v) is 1.81. The lowest BCUT2D eigenvalue weighted by Gasteiger charge is -2.10. The molecule has 0 spiro atoms. The van der Waals surface area contributed by atoms with Crippen molar-refractivity contribution in [1.29, 1.82) is 0 Å². The Hall–Kier alpha value is -2.77. The van der Waals surface area contributed by atoms with Crippen LogP contribution in [0.15, 0.2) is 24.4 Å². The average molecular weight is 303 g/mol. The van der Waals surface area contributed by atoms with E-state index < -0.39 is 4.92 Å². The fraction of sp³-hybridized carbons (Fsp3) is 0.357. The maximum atomic E-state index is 11.3. The Morgan fingerprint density at radius 2 is 2.18 bits per heavy atom. The van der Waals surface area contributed by atoms with Crippen LogP contribution in [0.3, 0.4) is 0 Å². The fourth-order valence-electron chi connectivity index (χ4n) is 1.81. The van der Waals surface area contributed by atoms with Crippen LogP contribution in [-0.2, 0) is 6.54 Å². The smallest absolute Gasteiger partial charge is 0.372 e. The molecule has 0 saturated carbocycles. The molecule has 0 amide bonds. The molecule has 0 aliphatic carbocycles. The van der Waals surface area contributed by atoms with E-state index in [1.54, 1.807) is 19.2 Å². The summed E-state index contributed by atoms with van der Waals surface area (Å²) < 4.78 is 5.37. The third kappa shape index (κ3) is 3.87. The van der Waals surface area contributed by atoms with Crippen LogP contribution in [0.1, 0.15) is 24.9 Å². The molecule has 2 aromatic heterocycles. The lowest BCUT2D eigenvalue weighted by molar-refractivity contribution is -0.385. The molecule has 8 nitrogen and oxygen atoms in total. The molecule has 1 N–H and O–H groups in total. The molecular weight excluding hydrogens is 286 g/mol. The number of nitrogens with one attached hydrogen (secondary N) is 1. The zero-order chi connectivity index (χ0) is 15.9. The van der Waals surface area contributed by atoms with E-state index >= 15 is 0 Å². The standard InChI is InChI=1S/C14H17N5O3/c1-3-8-22-14-12(19(20)21)13(17-10(2)18-14)16-9-11-6-4-5-7-15-11/h4-7H,3,8-9H2,1-2H3,(H,16,17,18). The number of aryl methyl sites for hydroxylation is 1. The van der Waals surface area contributed by atoms with Crippen LogP contribution in [0.5, 0.6) is 5.88 Å². The number of anilines is 1. The van der Waals surface area contributed by atoms with E-state index in [9.17, 15) is 10.1 Å². The largest absolute Gasteiger partial charge is 0.473 e. The first-order valence-corrected chi connectivity index (χ1v) is 6.91. The molecule has 2 aromatic rings. The molecule has 22 heavy (non-hydrogen) atoms. The first-order chi connectivity index (χ1) is 10.6. The number of nitrogens with zero attached hydrogens (tertiary/aromatic N) is 4. The Morgan fingerprint density at radius 1 is 1.36 bits per heavy atom. The Morgan fingerprint density at radius 3 is 2.82 bits per heavy atom. The van der Waals surface area contributed by atoms with Crippen LogP contribution >= 0.6 is 0 Å². The van der Waals surface area contributed by atoms with Gasteiger partial charge in [0.1, 0.15) is 5.82 Å². The van der Waals surface area contributed by atoms with E-state index in [-0.39, 0.29) is 17.4 Å². The maximum Gasteiger partial charge on any atom is 0.372 e. The summed E-state index contributed by atoms with van der Waals surface area (Å²) in [5.74, 6) is 0.525. The van der Waals surface area contributed by atoms with Gasteiger partial charge in [0.25, 0.3) is 5.88 Å². The van der Waals surface area contributed by atoms with Crippen LogP contribution < -0.4 is 10.1 Å². The van der Waals surface area contributed by atoms with Crippen molar-refractivity contribution in [1.82, 2.24) is 15.0 Å². The minimum absolute atomic E-state index is 0.0112. The van der Waals surface area contributed by atoms with Crippen LogP contribution in [0.25, 0.3) is 0 Å². The molecule has 8 heteroatoms. The number of hydrogen-bond acceptors (Lipinski definition) is 7. The quantitative estimate of drug-likeness (QED) is 0.619. The van der Waals surface area contributed by atoms with Gasteiger partial charge < -0.3 is 10.1 Å². The van der Waals surface area contributed by atoms with Crippen molar-refractivity contribution >= 4 is 11.5 Å². The van der Waals surface area contributed by atoms with Crippen molar-refractivity contribution in [3.63, 3.8) is 0 Å². The van der Waals surface area contributed by atoms with Crippen molar-refractivity contribution in [2.24, 2.45) is 0 Å². The van der Waals surface area contributed by atoms with Gasteiger partial charge in [0.15, 0.2) is 0 Å².